The molecule has 0 saturated heterocycles. The van der Waals surface area contributed by atoms with E-state index >= 15 is 0 Å². The number of fused-ring (bicyclic) bond motifs is 3. The summed E-state index contributed by atoms with van der Waals surface area (Å²) in [5.74, 6) is 0.428. The molecule has 1 heterocycles. The van der Waals surface area contributed by atoms with Crippen molar-refractivity contribution in [3.8, 4) is 0 Å². The third-order valence-electron chi connectivity index (χ3n) is 3.88. The number of amides is 1. The van der Waals surface area contributed by atoms with Crippen LogP contribution >= 0.6 is 15.9 Å². The molecular formula is C17H21BrN2O2. The molecule has 1 unspecified atom stereocenters. The van der Waals surface area contributed by atoms with Crippen molar-refractivity contribution in [3.63, 3.8) is 0 Å². The normalized spacial score (nSPS) is 17.5. The molecule has 5 heteroatoms. The highest BCUT2D eigenvalue weighted by atomic mass is 79.9. The van der Waals surface area contributed by atoms with Gasteiger partial charge in [0.2, 0.25) is 0 Å². The third kappa shape index (κ3) is 3.29. The first kappa shape index (κ1) is 15.4. The summed E-state index contributed by atoms with van der Waals surface area (Å²) in [7, 11) is 0. The number of benzene rings is 1. The molecule has 0 fully saturated rings. The largest absolute Gasteiger partial charge is 0.444 e. The van der Waals surface area contributed by atoms with Crippen molar-refractivity contribution in [2.45, 2.75) is 39.2 Å². The Morgan fingerprint density at radius 2 is 2.18 bits per heavy atom. The average Bonchev–Trinajstić information content (AvgIpc) is 2.92. The van der Waals surface area contributed by atoms with Crippen molar-refractivity contribution in [3.05, 3.63) is 33.9 Å². The van der Waals surface area contributed by atoms with E-state index in [1.165, 1.54) is 22.2 Å². The summed E-state index contributed by atoms with van der Waals surface area (Å²) in [5.41, 5.74) is 3.41. The fourth-order valence-electron chi connectivity index (χ4n) is 3.02. The molecule has 0 spiro atoms. The third-order valence-corrected chi connectivity index (χ3v) is 4.37. The minimum absolute atomic E-state index is 0.337. The number of ether oxygens (including phenoxy) is 1. The molecule has 1 aliphatic carbocycles. The van der Waals surface area contributed by atoms with E-state index in [0.29, 0.717) is 12.5 Å². The monoisotopic (exact) mass is 364 g/mol. The van der Waals surface area contributed by atoms with Crippen LogP contribution in [0.2, 0.25) is 0 Å². The molecule has 0 radical (unpaired) electrons. The summed E-state index contributed by atoms with van der Waals surface area (Å²) < 4.78 is 6.37. The SMILES string of the molecule is CC(C)(C)OC(=O)NCC1Cc2[nH]c3ccc(Br)cc3c2C1. The van der Waals surface area contributed by atoms with Crippen LogP contribution in [0.4, 0.5) is 4.79 Å². The summed E-state index contributed by atoms with van der Waals surface area (Å²) >= 11 is 3.53. The quantitative estimate of drug-likeness (QED) is 0.839. The van der Waals surface area contributed by atoms with Crippen molar-refractivity contribution in [1.29, 1.82) is 0 Å². The number of carbonyl (C=O) groups excluding carboxylic acids is 1. The number of aromatic nitrogens is 1. The van der Waals surface area contributed by atoms with Crippen LogP contribution in [0, 0.1) is 5.92 Å². The molecule has 0 aliphatic heterocycles. The van der Waals surface area contributed by atoms with Gasteiger partial charge in [0, 0.05) is 27.6 Å². The van der Waals surface area contributed by atoms with E-state index in [-0.39, 0.29) is 6.09 Å². The Morgan fingerprint density at radius 1 is 1.41 bits per heavy atom. The zero-order valence-electron chi connectivity index (χ0n) is 13.1. The number of H-pyrrole nitrogens is 1. The molecule has 3 rings (SSSR count). The molecule has 22 heavy (non-hydrogen) atoms. The molecule has 1 aromatic heterocycles. The number of nitrogens with one attached hydrogen (secondary N) is 2. The van der Waals surface area contributed by atoms with Crippen molar-refractivity contribution in [1.82, 2.24) is 10.3 Å². The van der Waals surface area contributed by atoms with Crippen LogP contribution in [0.1, 0.15) is 32.0 Å². The fraction of sp³-hybridized carbons (Fsp3) is 0.471. The molecular weight excluding hydrogens is 344 g/mol. The van der Waals surface area contributed by atoms with E-state index in [4.69, 9.17) is 4.74 Å². The van der Waals surface area contributed by atoms with Crippen LogP contribution in [0.3, 0.4) is 0 Å². The molecule has 4 nitrogen and oxygen atoms in total. The van der Waals surface area contributed by atoms with Crippen LogP contribution in [-0.4, -0.2) is 23.2 Å². The van der Waals surface area contributed by atoms with Gasteiger partial charge in [0.05, 0.1) is 0 Å². The van der Waals surface area contributed by atoms with Gasteiger partial charge in [-0.2, -0.15) is 0 Å². The highest BCUT2D eigenvalue weighted by Crippen LogP contribution is 2.34. The molecule has 0 bridgehead atoms. The number of aromatic amines is 1. The van der Waals surface area contributed by atoms with E-state index in [2.05, 4.69) is 44.4 Å². The molecule has 2 aromatic rings. The fourth-order valence-corrected chi connectivity index (χ4v) is 3.38. The van der Waals surface area contributed by atoms with Crippen LogP contribution in [0.15, 0.2) is 22.7 Å². The Balaban J connectivity index is 1.63. The number of hydrogen-bond donors (Lipinski definition) is 2. The maximum Gasteiger partial charge on any atom is 0.407 e. The number of alkyl carbamates (subject to hydrolysis) is 1. The Morgan fingerprint density at radius 3 is 2.91 bits per heavy atom. The van der Waals surface area contributed by atoms with Gasteiger partial charge in [-0.15, -0.1) is 0 Å². The van der Waals surface area contributed by atoms with E-state index in [1.54, 1.807) is 0 Å². The number of hydrogen-bond acceptors (Lipinski definition) is 2. The summed E-state index contributed by atoms with van der Waals surface area (Å²) in [6.45, 7) is 6.26. The van der Waals surface area contributed by atoms with Gasteiger partial charge in [0.1, 0.15) is 5.60 Å². The molecule has 1 amide bonds. The highest BCUT2D eigenvalue weighted by Gasteiger charge is 2.26. The van der Waals surface area contributed by atoms with Crippen molar-refractivity contribution in [2.24, 2.45) is 5.92 Å². The minimum atomic E-state index is -0.452. The Kier molecular flexibility index (Phi) is 3.93. The molecule has 118 valence electrons. The Hall–Kier alpha value is -1.49. The smallest absolute Gasteiger partial charge is 0.407 e. The standard InChI is InChI=1S/C17H21BrN2O2/c1-17(2,3)22-16(21)19-9-10-6-12-13-8-11(18)4-5-14(13)20-15(12)7-10/h4-5,8,10,20H,6-7,9H2,1-3H3,(H,19,21). The van der Waals surface area contributed by atoms with Crippen molar-refractivity contribution >= 4 is 32.9 Å². The molecule has 1 aliphatic rings. The predicted molar refractivity (Wildman–Crippen MR) is 91.1 cm³/mol. The number of carbonyl (C=O) groups is 1. The number of rotatable bonds is 2. The predicted octanol–water partition coefficient (Wildman–Crippen LogP) is 4.17. The molecule has 2 N–H and O–H groups in total. The lowest BCUT2D eigenvalue weighted by molar-refractivity contribution is 0.0520. The number of halogens is 1. The lowest BCUT2D eigenvalue weighted by Gasteiger charge is -2.20. The topological polar surface area (TPSA) is 54.1 Å². The zero-order valence-corrected chi connectivity index (χ0v) is 14.7. The minimum Gasteiger partial charge on any atom is -0.444 e. The maximum atomic E-state index is 11.7. The van der Waals surface area contributed by atoms with Crippen LogP contribution in [0.25, 0.3) is 10.9 Å². The summed E-state index contributed by atoms with van der Waals surface area (Å²) in [6, 6.07) is 6.32. The lowest BCUT2D eigenvalue weighted by atomic mass is 10.1. The molecule has 0 saturated carbocycles. The first-order chi connectivity index (χ1) is 10.3. The lowest BCUT2D eigenvalue weighted by Crippen LogP contribution is -2.35. The van der Waals surface area contributed by atoms with E-state index < -0.39 is 5.60 Å². The van der Waals surface area contributed by atoms with Gasteiger partial charge in [-0.1, -0.05) is 15.9 Å². The second kappa shape index (κ2) is 5.61. The van der Waals surface area contributed by atoms with Gasteiger partial charge >= 0.3 is 6.09 Å². The van der Waals surface area contributed by atoms with Crippen molar-refractivity contribution in [2.75, 3.05) is 6.54 Å². The van der Waals surface area contributed by atoms with Gasteiger partial charge in [0.25, 0.3) is 0 Å². The summed E-state index contributed by atoms with van der Waals surface area (Å²) in [4.78, 5) is 15.2. The van der Waals surface area contributed by atoms with Crippen LogP contribution in [0.5, 0.6) is 0 Å². The summed E-state index contributed by atoms with van der Waals surface area (Å²) in [6.07, 6.45) is 1.62. The first-order valence-corrected chi connectivity index (χ1v) is 8.37. The Bertz CT molecular complexity index is 715. The van der Waals surface area contributed by atoms with Gasteiger partial charge in [-0.3, -0.25) is 0 Å². The van der Waals surface area contributed by atoms with Gasteiger partial charge < -0.3 is 15.0 Å². The van der Waals surface area contributed by atoms with Gasteiger partial charge in [0.15, 0.2) is 0 Å². The van der Waals surface area contributed by atoms with E-state index in [0.717, 1.165) is 17.3 Å². The second-order valence-corrected chi connectivity index (χ2v) is 7.84. The second-order valence-electron chi connectivity index (χ2n) is 6.93. The molecule has 1 aromatic carbocycles. The Labute approximate surface area is 138 Å². The highest BCUT2D eigenvalue weighted by molar-refractivity contribution is 9.10. The molecule has 1 atom stereocenters. The van der Waals surface area contributed by atoms with Gasteiger partial charge in [-0.25, -0.2) is 4.79 Å². The van der Waals surface area contributed by atoms with E-state index in [1.807, 2.05) is 20.8 Å². The van der Waals surface area contributed by atoms with Crippen LogP contribution in [-0.2, 0) is 17.6 Å². The zero-order chi connectivity index (χ0) is 15.9. The van der Waals surface area contributed by atoms with Crippen LogP contribution < -0.4 is 5.32 Å². The van der Waals surface area contributed by atoms with E-state index in [9.17, 15) is 4.79 Å². The first-order valence-electron chi connectivity index (χ1n) is 7.57. The van der Waals surface area contributed by atoms with Crippen molar-refractivity contribution < 1.29 is 9.53 Å². The average molecular weight is 365 g/mol. The maximum absolute atomic E-state index is 11.7. The van der Waals surface area contributed by atoms with Gasteiger partial charge in [-0.05, 0) is 63.3 Å². The summed E-state index contributed by atoms with van der Waals surface area (Å²) in [5, 5.41) is 4.16.